The molecule has 0 radical (unpaired) electrons. The molecule has 1 aromatic heterocycles. The maximum atomic E-state index is 12.7. The number of hydrogen-bond donors (Lipinski definition) is 2. The zero-order valence-corrected chi connectivity index (χ0v) is 15.3. The Hall–Kier alpha value is -3.86. The molecule has 0 fully saturated rings. The van der Waals surface area contributed by atoms with Crippen LogP contribution in [0, 0.1) is 6.92 Å². The molecule has 0 atom stereocenters. The molecular weight excluding hydrogens is 350 g/mol. The largest absolute Gasteiger partial charge is 0.506 e. The maximum absolute atomic E-state index is 12.7. The Morgan fingerprint density at radius 3 is 2.29 bits per heavy atom. The highest BCUT2D eigenvalue weighted by Gasteiger charge is 2.11. The van der Waals surface area contributed by atoms with Gasteiger partial charge in [-0.1, -0.05) is 54.6 Å². The first-order valence-electron chi connectivity index (χ1n) is 8.93. The van der Waals surface area contributed by atoms with Gasteiger partial charge in [-0.05, 0) is 42.3 Å². The summed E-state index contributed by atoms with van der Waals surface area (Å²) >= 11 is 0. The lowest BCUT2D eigenvalue weighted by molar-refractivity contribution is 0.477. The van der Waals surface area contributed by atoms with Crippen molar-refractivity contribution in [2.75, 3.05) is 0 Å². The molecule has 5 nitrogen and oxygen atoms in total. The van der Waals surface area contributed by atoms with Crippen molar-refractivity contribution in [3.63, 3.8) is 0 Å². The predicted octanol–water partition coefficient (Wildman–Crippen LogP) is 4.60. The number of para-hydroxylation sites is 1. The normalized spacial score (nSPS) is 11.2. The molecule has 4 rings (SSSR count). The highest BCUT2D eigenvalue weighted by molar-refractivity contribution is 5.84. The molecule has 0 aliphatic carbocycles. The second-order valence-electron chi connectivity index (χ2n) is 6.45. The van der Waals surface area contributed by atoms with E-state index in [9.17, 15) is 9.90 Å². The Bertz CT molecular complexity index is 1190. The molecule has 0 saturated carbocycles. The first kappa shape index (κ1) is 17.5. The van der Waals surface area contributed by atoms with Crippen LogP contribution in [0.1, 0.15) is 11.3 Å². The van der Waals surface area contributed by atoms with Crippen molar-refractivity contribution >= 4 is 11.9 Å². The summed E-state index contributed by atoms with van der Waals surface area (Å²) in [7, 11) is 0. The fourth-order valence-corrected chi connectivity index (χ4v) is 3.05. The number of nitrogens with one attached hydrogen (secondary N) is 1. The summed E-state index contributed by atoms with van der Waals surface area (Å²) in [6, 6.07) is 24.5. The van der Waals surface area contributed by atoms with E-state index >= 15 is 0 Å². The molecule has 0 bridgehead atoms. The van der Waals surface area contributed by atoms with Crippen LogP contribution in [0.3, 0.4) is 0 Å². The van der Waals surface area contributed by atoms with Gasteiger partial charge in [0.1, 0.15) is 11.4 Å². The fraction of sp³-hybridized carbons (Fsp3) is 0.0435. The van der Waals surface area contributed by atoms with Crippen LogP contribution < -0.4 is 5.56 Å². The Morgan fingerprint density at radius 1 is 0.929 bits per heavy atom. The number of aromatic nitrogens is 2. The second kappa shape index (κ2) is 7.40. The number of aromatic amines is 1. The molecule has 3 aromatic carbocycles. The molecule has 0 unspecified atom stereocenters. The molecule has 5 heteroatoms. The molecule has 0 amide bonds. The van der Waals surface area contributed by atoms with E-state index in [1.165, 1.54) is 10.9 Å². The molecule has 0 aliphatic rings. The topological polar surface area (TPSA) is 70.4 Å². The summed E-state index contributed by atoms with van der Waals surface area (Å²) < 4.78 is 1.48. The lowest BCUT2D eigenvalue weighted by atomic mass is 10.1. The first-order valence-corrected chi connectivity index (χ1v) is 8.93. The van der Waals surface area contributed by atoms with Crippen molar-refractivity contribution in [2.24, 2.45) is 4.99 Å². The third-order valence-electron chi connectivity index (χ3n) is 4.55. The number of aliphatic imine (C=N–C) groups is 1. The number of hydrogen-bond acceptors (Lipinski definition) is 3. The number of aromatic hydroxyl groups is 1. The fourth-order valence-electron chi connectivity index (χ4n) is 3.05. The van der Waals surface area contributed by atoms with Gasteiger partial charge in [0, 0.05) is 11.9 Å². The van der Waals surface area contributed by atoms with Gasteiger partial charge in [-0.15, -0.1) is 0 Å². The molecular formula is C23H19N3O2. The molecule has 0 saturated heterocycles. The van der Waals surface area contributed by atoms with Gasteiger partial charge in [0.15, 0.2) is 0 Å². The van der Waals surface area contributed by atoms with E-state index in [1.807, 2.05) is 73.7 Å². The van der Waals surface area contributed by atoms with E-state index in [4.69, 9.17) is 0 Å². The SMILES string of the molecule is Cc1[nH]n(-c2ccccc2)c(=O)c1C=Nc1ccc(-c2ccccc2)cc1O. The number of benzene rings is 3. The number of H-pyrrole nitrogens is 1. The van der Waals surface area contributed by atoms with Crippen LogP contribution >= 0.6 is 0 Å². The van der Waals surface area contributed by atoms with Crippen molar-refractivity contribution < 1.29 is 5.11 Å². The van der Waals surface area contributed by atoms with Crippen molar-refractivity contribution in [3.8, 4) is 22.6 Å². The Labute approximate surface area is 162 Å². The van der Waals surface area contributed by atoms with Crippen molar-refractivity contribution in [1.29, 1.82) is 0 Å². The van der Waals surface area contributed by atoms with Crippen LogP contribution in [0.2, 0.25) is 0 Å². The Balaban J connectivity index is 1.65. The van der Waals surface area contributed by atoms with Crippen LogP contribution in [0.4, 0.5) is 5.69 Å². The quantitative estimate of drug-likeness (QED) is 0.516. The summed E-state index contributed by atoms with van der Waals surface area (Å²) in [6.45, 7) is 1.82. The summed E-state index contributed by atoms with van der Waals surface area (Å²) in [4.78, 5) is 17.0. The van der Waals surface area contributed by atoms with Gasteiger partial charge in [-0.2, -0.15) is 0 Å². The highest BCUT2D eigenvalue weighted by atomic mass is 16.3. The lowest BCUT2D eigenvalue weighted by Crippen LogP contribution is -2.17. The molecule has 28 heavy (non-hydrogen) atoms. The van der Waals surface area contributed by atoms with E-state index in [0.717, 1.165) is 16.8 Å². The van der Waals surface area contributed by atoms with E-state index < -0.39 is 0 Å². The first-order chi connectivity index (χ1) is 13.6. The minimum atomic E-state index is -0.187. The number of phenols is 1. The van der Waals surface area contributed by atoms with E-state index in [1.54, 1.807) is 12.1 Å². The average Bonchev–Trinajstić information content (AvgIpc) is 3.02. The maximum Gasteiger partial charge on any atom is 0.280 e. The molecule has 0 aliphatic heterocycles. The van der Waals surface area contributed by atoms with Gasteiger partial charge in [0.05, 0.1) is 11.3 Å². The van der Waals surface area contributed by atoms with Crippen LogP contribution in [0.25, 0.3) is 16.8 Å². The van der Waals surface area contributed by atoms with E-state index in [-0.39, 0.29) is 11.3 Å². The zero-order chi connectivity index (χ0) is 19.5. The molecule has 0 spiro atoms. The summed E-state index contributed by atoms with van der Waals surface area (Å²) in [5.74, 6) is 0.0641. The zero-order valence-electron chi connectivity index (χ0n) is 15.3. The predicted molar refractivity (Wildman–Crippen MR) is 112 cm³/mol. The molecule has 2 N–H and O–H groups in total. The van der Waals surface area contributed by atoms with Crippen LogP contribution in [0.5, 0.6) is 5.75 Å². The van der Waals surface area contributed by atoms with Crippen LogP contribution in [0.15, 0.2) is 88.6 Å². The lowest BCUT2D eigenvalue weighted by Gasteiger charge is -2.04. The molecule has 1 heterocycles. The van der Waals surface area contributed by atoms with Crippen molar-refractivity contribution in [2.45, 2.75) is 6.92 Å². The van der Waals surface area contributed by atoms with E-state index in [2.05, 4.69) is 10.1 Å². The van der Waals surface area contributed by atoms with Gasteiger partial charge in [-0.3, -0.25) is 14.9 Å². The number of nitrogens with zero attached hydrogens (tertiary/aromatic N) is 2. The standard InChI is InChI=1S/C23H19N3O2/c1-16-20(23(28)26(25-16)19-10-6-3-7-11-19)15-24-21-13-12-18(14-22(21)27)17-8-4-2-5-9-17/h2-15,25,27H,1H3. The number of phenolic OH excluding ortho intramolecular Hbond substituents is 1. The van der Waals surface area contributed by atoms with E-state index in [0.29, 0.717) is 16.9 Å². The van der Waals surface area contributed by atoms with Crippen molar-refractivity contribution in [1.82, 2.24) is 9.78 Å². The molecule has 138 valence electrons. The molecule has 4 aromatic rings. The Kier molecular flexibility index (Phi) is 4.64. The number of aryl methyl sites for hydroxylation is 1. The van der Waals surface area contributed by atoms with Gasteiger partial charge >= 0.3 is 0 Å². The van der Waals surface area contributed by atoms with Crippen molar-refractivity contribution in [3.05, 3.63) is 100 Å². The third kappa shape index (κ3) is 3.38. The third-order valence-corrected chi connectivity index (χ3v) is 4.55. The second-order valence-corrected chi connectivity index (χ2v) is 6.45. The van der Waals surface area contributed by atoms with Gasteiger partial charge < -0.3 is 5.11 Å². The van der Waals surface area contributed by atoms with Gasteiger partial charge in [0.2, 0.25) is 0 Å². The Morgan fingerprint density at radius 2 is 1.61 bits per heavy atom. The summed E-state index contributed by atoms with van der Waals surface area (Å²) in [5.41, 5.74) is 4.05. The minimum absolute atomic E-state index is 0.0641. The minimum Gasteiger partial charge on any atom is -0.506 e. The van der Waals surface area contributed by atoms with Gasteiger partial charge in [-0.25, -0.2) is 4.68 Å². The summed E-state index contributed by atoms with van der Waals surface area (Å²) in [6.07, 6.45) is 1.49. The van der Waals surface area contributed by atoms with Crippen LogP contribution in [-0.4, -0.2) is 21.1 Å². The van der Waals surface area contributed by atoms with Crippen LogP contribution in [-0.2, 0) is 0 Å². The summed E-state index contributed by atoms with van der Waals surface area (Å²) in [5, 5.41) is 13.4. The highest BCUT2D eigenvalue weighted by Crippen LogP contribution is 2.31. The number of rotatable bonds is 4. The smallest absolute Gasteiger partial charge is 0.280 e. The van der Waals surface area contributed by atoms with Gasteiger partial charge in [0.25, 0.3) is 5.56 Å². The average molecular weight is 369 g/mol. The monoisotopic (exact) mass is 369 g/mol.